The molecular formula is C16H19ClO4S. The van der Waals surface area contributed by atoms with Gasteiger partial charge in [-0.05, 0) is 49.4 Å². The standard InChI is InChI=1S/C16H19ClO4S/c17-14-6-8-15(9-7-14)22(19,20)11-10-16(18)21-12-13-4-2-1-3-5-13/h1-2,6-9,13H,3-5,10-12H2. The van der Waals surface area contributed by atoms with Crippen molar-refractivity contribution in [2.45, 2.75) is 30.6 Å². The largest absolute Gasteiger partial charge is 0.465 e. The van der Waals surface area contributed by atoms with E-state index in [-0.39, 0.29) is 17.1 Å². The summed E-state index contributed by atoms with van der Waals surface area (Å²) in [6.07, 6.45) is 7.01. The lowest BCUT2D eigenvalue weighted by molar-refractivity contribution is -0.144. The molecule has 0 aliphatic heterocycles. The normalized spacial score (nSPS) is 18.1. The molecule has 0 saturated carbocycles. The van der Waals surface area contributed by atoms with Crippen molar-refractivity contribution in [2.24, 2.45) is 5.92 Å². The molecule has 1 atom stereocenters. The van der Waals surface area contributed by atoms with Crippen LogP contribution in [-0.4, -0.2) is 26.7 Å². The van der Waals surface area contributed by atoms with E-state index in [2.05, 4.69) is 12.2 Å². The first-order valence-corrected chi connectivity index (χ1v) is 9.29. The summed E-state index contributed by atoms with van der Waals surface area (Å²) in [5.41, 5.74) is 0. The van der Waals surface area contributed by atoms with E-state index in [1.54, 1.807) is 0 Å². The third-order valence-electron chi connectivity index (χ3n) is 3.61. The van der Waals surface area contributed by atoms with Crippen LogP contribution < -0.4 is 0 Å². The fraction of sp³-hybridized carbons (Fsp3) is 0.438. The lowest BCUT2D eigenvalue weighted by Crippen LogP contribution is -2.18. The summed E-state index contributed by atoms with van der Waals surface area (Å²) in [5.74, 6) is -0.369. The molecule has 2 rings (SSSR count). The Hall–Kier alpha value is -1.33. The second-order valence-electron chi connectivity index (χ2n) is 5.36. The highest BCUT2D eigenvalue weighted by Crippen LogP contribution is 2.19. The van der Waals surface area contributed by atoms with E-state index < -0.39 is 15.8 Å². The molecule has 1 aliphatic rings. The molecule has 0 saturated heterocycles. The van der Waals surface area contributed by atoms with Crippen LogP contribution in [0.3, 0.4) is 0 Å². The van der Waals surface area contributed by atoms with Crippen LogP contribution >= 0.6 is 11.6 Å². The van der Waals surface area contributed by atoms with Crippen LogP contribution in [-0.2, 0) is 19.4 Å². The van der Waals surface area contributed by atoms with Gasteiger partial charge in [0, 0.05) is 5.02 Å². The van der Waals surface area contributed by atoms with E-state index in [4.69, 9.17) is 16.3 Å². The molecule has 6 heteroatoms. The Kier molecular flexibility index (Phi) is 6.03. The van der Waals surface area contributed by atoms with Crippen LogP contribution in [0.5, 0.6) is 0 Å². The van der Waals surface area contributed by atoms with Gasteiger partial charge >= 0.3 is 5.97 Å². The molecule has 0 spiro atoms. The SMILES string of the molecule is O=C(CCS(=O)(=O)c1ccc(Cl)cc1)OCC1CC=CCC1. The third kappa shape index (κ3) is 5.14. The Bertz CT molecular complexity index is 635. The predicted molar refractivity (Wildman–Crippen MR) is 85.6 cm³/mol. The van der Waals surface area contributed by atoms with Crippen molar-refractivity contribution in [3.63, 3.8) is 0 Å². The molecule has 120 valence electrons. The van der Waals surface area contributed by atoms with Gasteiger partial charge in [-0.2, -0.15) is 0 Å². The summed E-state index contributed by atoms with van der Waals surface area (Å²) >= 11 is 5.73. The number of esters is 1. The molecule has 22 heavy (non-hydrogen) atoms. The summed E-state index contributed by atoms with van der Waals surface area (Å²) < 4.78 is 29.4. The average Bonchev–Trinajstić information content (AvgIpc) is 2.52. The van der Waals surface area contributed by atoms with Gasteiger partial charge < -0.3 is 4.74 Å². The maximum Gasteiger partial charge on any atom is 0.306 e. The number of ether oxygens (including phenoxy) is 1. The Morgan fingerprint density at radius 3 is 2.59 bits per heavy atom. The summed E-state index contributed by atoms with van der Waals surface area (Å²) in [7, 11) is -3.49. The minimum atomic E-state index is -3.49. The molecule has 0 N–H and O–H groups in total. The van der Waals surface area contributed by atoms with Crippen LogP contribution in [0.15, 0.2) is 41.3 Å². The number of halogens is 1. The highest BCUT2D eigenvalue weighted by molar-refractivity contribution is 7.91. The van der Waals surface area contributed by atoms with Gasteiger partial charge in [-0.25, -0.2) is 8.42 Å². The zero-order valence-corrected chi connectivity index (χ0v) is 13.8. The average molecular weight is 343 g/mol. The molecule has 1 aromatic rings. The predicted octanol–water partition coefficient (Wildman–Crippen LogP) is 3.40. The zero-order valence-electron chi connectivity index (χ0n) is 12.2. The van der Waals surface area contributed by atoms with Crippen LogP contribution in [0, 0.1) is 5.92 Å². The molecule has 0 fully saturated rings. The van der Waals surface area contributed by atoms with Gasteiger partial charge in [-0.1, -0.05) is 23.8 Å². The molecule has 1 unspecified atom stereocenters. The summed E-state index contributed by atoms with van der Waals surface area (Å²) in [5, 5.41) is 0.472. The molecule has 0 amide bonds. The second kappa shape index (κ2) is 7.79. The van der Waals surface area contributed by atoms with Crippen molar-refractivity contribution in [2.75, 3.05) is 12.4 Å². The van der Waals surface area contributed by atoms with Crippen molar-refractivity contribution in [1.29, 1.82) is 0 Å². The first-order chi connectivity index (χ1) is 10.5. The van der Waals surface area contributed by atoms with Gasteiger partial charge in [0.2, 0.25) is 0 Å². The first-order valence-electron chi connectivity index (χ1n) is 7.26. The second-order valence-corrected chi connectivity index (χ2v) is 7.90. The Morgan fingerprint density at radius 1 is 1.23 bits per heavy atom. The fourth-order valence-electron chi connectivity index (χ4n) is 2.27. The highest BCUT2D eigenvalue weighted by atomic mass is 35.5. The van der Waals surface area contributed by atoms with Crippen LogP contribution in [0.25, 0.3) is 0 Å². The Balaban J connectivity index is 1.79. The smallest absolute Gasteiger partial charge is 0.306 e. The van der Waals surface area contributed by atoms with E-state index in [9.17, 15) is 13.2 Å². The zero-order chi connectivity index (χ0) is 16.0. The minimum Gasteiger partial charge on any atom is -0.465 e. The lowest BCUT2D eigenvalue weighted by atomic mass is 9.95. The van der Waals surface area contributed by atoms with Crippen molar-refractivity contribution in [3.05, 3.63) is 41.4 Å². The molecule has 0 aromatic heterocycles. The van der Waals surface area contributed by atoms with E-state index >= 15 is 0 Å². The van der Waals surface area contributed by atoms with E-state index in [0.717, 1.165) is 19.3 Å². The van der Waals surface area contributed by atoms with Gasteiger partial charge in [0.1, 0.15) is 0 Å². The summed E-state index contributed by atoms with van der Waals surface area (Å²) in [6.45, 7) is 0.365. The number of rotatable bonds is 6. The molecule has 0 heterocycles. The topological polar surface area (TPSA) is 60.4 Å². The van der Waals surface area contributed by atoms with Crippen molar-refractivity contribution in [3.8, 4) is 0 Å². The van der Waals surface area contributed by atoms with E-state index in [0.29, 0.717) is 17.5 Å². The van der Waals surface area contributed by atoms with Gasteiger partial charge in [0.05, 0.1) is 23.7 Å². The Labute approximate surface area is 136 Å². The summed E-state index contributed by atoms with van der Waals surface area (Å²) in [4.78, 5) is 11.9. The quantitative estimate of drug-likeness (QED) is 0.587. The molecule has 4 nitrogen and oxygen atoms in total. The summed E-state index contributed by atoms with van der Waals surface area (Å²) in [6, 6.07) is 5.92. The highest BCUT2D eigenvalue weighted by Gasteiger charge is 2.18. The monoisotopic (exact) mass is 342 g/mol. The fourth-order valence-corrected chi connectivity index (χ4v) is 3.62. The Morgan fingerprint density at radius 2 is 1.95 bits per heavy atom. The molecule has 0 radical (unpaired) electrons. The molecule has 0 bridgehead atoms. The number of hydrogen-bond acceptors (Lipinski definition) is 4. The van der Waals surface area contributed by atoms with Crippen molar-refractivity contribution in [1.82, 2.24) is 0 Å². The van der Waals surface area contributed by atoms with E-state index in [1.807, 2.05) is 0 Å². The van der Waals surface area contributed by atoms with Crippen molar-refractivity contribution >= 4 is 27.4 Å². The van der Waals surface area contributed by atoms with Crippen LogP contribution in [0.4, 0.5) is 0 Å². The maximum absolute atomic E-state index is 12.1. The first kappa shape index (κ1) is 17.0. The number of benzene rings is 1. The number of carbonyl (C=O) groups excluding carboxylic acids is 1. The van der Waals surface area contributed by atoms with Gasteiger partial charge in [-0.3, -0.25) is 4.79 Å². The maximum atomic E-state index is 12.1. The van der Waals surface area contributed by atoms with E-state index in [1.165, 1.54) is 24.3 Å². The number of hydrogen-bond donors (Lipinski definition) is 0. The van der Waals surface area contributed by atoms with Crippen molar-refractivity contribution < 1.29 is 17.9 Å². The number of sulfone groups is 1. The number of carbonyl (C=O) groups is 1. The molecular weight excluding hydrogens is 324 g/mol. The van der Waals surface area contributed by atoms with Crippen LogP contribution in [0.2, 0.25) is 5.02 Å². The molecule has 1 aromatic carbocycles. The number of allylic oxidation sites excluding steroid dienone is 2. The lowest BCUT2D eigenvalue weighted by Gasteiger charge is -2.17. The van der Waals surface area contributed by atoms with Crippen LogP contribution in [0.1, 0.15) is 25.7 Å². The molecule has 1 aliphatic carbocycles. The van der Waals surface area contributed by atoms with Gasteiger partial charge in [0.15, 0.2) is 9.84 Å². The third-order valence-corrected chi connectivity index (χ3v) is 5.59. The minimum absolute atomic E-state index is 0.131. The van der Waals surface area contributed by atoms with Gasteiger partial charge in [-0.15, -0.1) is 0 Å². The van der Waals surface area contributed by atoms with Gasteiger partial charge in [0.25, 0.3) is 0 Å².